The van der Waals surface area contributed by atoms with Crippen LogP contribution >= 0.6 is 23.1 Å². The smallest absolute Gasteiger partial charge is 0.335 e. The van der Waals surface area contributed by atoms with Gasteiger partial charge in [-0.15, -0.1) is 10.2 Å². The van der Waals surface area contributed by atoms with Gasteiger partial charge in [-0.3, -0.25) is 9.69 Å². The van der Waals surface area contributed by atoms with Crippen molar-refractivity contribution in [2.75, 3.05) is 6.54 Å². The Morgan fingerprint density at radius 3 is 2.60 bits per heavy atom. The molecular weight excluding hydrogens is 360 g/mol. The Morgan fingerprint density at radius 1 is 1.32 bits per heavy atom. The molecule has 0 bridgehead atoms. The molecule has 3 rings (SSSR count). The van der Waals surface area contributed by atoms with Gasteiger partial charge < -0.3 is 5.11 Å². The molecule has 2 aromatic rings. The summed E-state index contributed by atoms with van der Waals surface area (Å²) >= 11 is 2.63. The first-order valence-corrected chi connectivity index (χ1v) is 9.05. The van der Waals surface area contributed by atoms with Gasteiger partial charge in [0.25, 0.3) is 5.91 Å². The number of carboxylic acids is 1. The highest BCUT2D eigenvalue weighted by Gasteiger charge is 2.32. The van der Waals surface area contributed by atoms with Gasteiger partial charge in [0.05, 0.1) is 10.5 Å². The number of carboxylic acid groups (broad SMARTS) is 1. The van der Waals surface area contributed by atoms with E-state index in [1.54, 1.807) is 23.1 Å². The molecule has 0 spiro atoms. The first-order chi connectivity index (χ1) is 12.0. The van der Waals surface area contributed by atoms with Crippen LogP contribution in [-0.4, -0.2) is 43.8 Å². The van der Waals surface area contributed by atoms with Crippen molar-refractivity contribution >= 4 is 51.4 Å². The number of hydrogen-bond acceptors (Lipinski definition) is 7. The maximum Gasteiger partial charge on any atom is 0.335 e. The van der Waals surface area contributed by atoms with Gasteiger partial charge in [-0.2, -0.15) is 4.99 Å². The fraction of sp³-hybridized carbons (Fsp3) is 0.188. The molecule has 1 amide bonds. The minimum atomic E-state index is -0.982. The summed E-state index contributed by atoms with van der Waals surface area (Å²) in [6.45, 7) is 4.22. The number of aliphatic imine (C=N–C) groups is 1. The van der Waals surface area contributed by atoms with Crippen LogP contribution in [0.5, 0.6) is 0 Å². The molecule has 1 aromatic carbocycles. The number of aryl methyl sites for hydroxylation is 1. The van der Waals surface area contributed by atoms with Crippen LogP contribution in [0.2, 0.25) is 0 Å². The van der Waals surface area contributed by atoms with Crippen LogP contribution in [-0.2, 0) is 4.79 Å². The molecule has 1 saturated heterocycles. The normalized spacial score (nSPS) is 17.7. The summed E-state index contributed by atoms with van der Waals surface area (Å²) in [6, 6.07) is 6.36. The molecule has 1 aromatic heterocycles. The zero-order valence-electron chi connectivity index (χ0n) is 13.5. The molecule has 9 heteroatoms. The van der Waals surface area contributed by atoms with E-state index in [0.717, 1.165) is 10.6 Å². The van der Waals surface area contributed by atoms with Gasteiger partial charge in [0.2, 0.25) is 5.13 Å². The van der Waals surface area contributed by atoms with E-state index in [4.69, 9.17) is 5.11 Å². The second kappa shape index (κ2) is 7.16. The number of nitrogens with zero attached hydrogens (tertiary/aromatic N) is 4. The monoisotopic (exact) mass is 374 g/mol. The molecule has 0 radical (unpaired) electrons. The maximum absolute atomic E-state index is 12.6. The standard InChI is InChI=1S/C16H14N4O3S2/c1-3-20-13(21)12(8-10-4-6-11(7-5-10)14(22)23)25-16(20)17-15-19-18-9(2)24-15/h4-8H,3H2,1-2H3,(H,22,23)/b12-8-,17-16+. The summed E-state index contributed by atoms with van der Waals surface area (Å²) in [7, 11) is 0. The lowest BCUT2D eigenvalue weighted by molar-refractivity contribution is -0.122. The fourth-order valence-electron chi connectivity index (χ4n) is 2.16. The molecule has 2 heterocycles. The number of amidine groups is 1. The van der Waals surface area contributed by atoms with E-state index >= 15 is 0 Å². The second-order valence-electron chi connectivity index (χ2n) is 5.09. The van der Waals surface area contributed by atoms with Gasteiger partial charge in [-0.05, 0) is 49.4 Å². The average Bonchev–Trinajstić information content (AvgIpc) is 3.12. The number of benzene rings is 1. The van der Waals surface area contributed by atoms with E-state index in [-0.39, 0.29) is 11.5 Å². The van der Waals surface area contributed by atoms with Gasteiger partial charge in [0.15, 0.2) is 5.17 Å². The fourth-order valence-corrected chi connectivity index (χ4v) is 3.82. The van der Waals surface area contributed by atoms with E-state index in [0.29, 0.717) is 21.7 Å². The maximum atomic E-state index is 12.6. The van der Waals surface area contributed by atoms with Crippen LogP contribution in [0, 0.1) is 6.92 Å². The number of likely N-dealkylation sites (N-methyl/N-ethyl adjacent to an activating group) is 1. The van der Waals surface area contributed by atoms with Crippen molar-refractivity contribution in [2.45, 2.75) is 13.8 Å². The zero-order chi connectivity index (χ0) is 18.0. The molecule has 1 fully saturated rings. The summed E-state index contributed by atoms with van der Waals surface area (Å²) in [4.78, 5) is 30.0. The van der Waals surface area contributed by atoms with Gasteiger partial charge in [-0.25, -0.2) is 4.79 Å². The average molecular weight is 374 g/mol. The number of carbonyl (C=O) groups excluding carboxylic acids is 1. The highest BCUT2D eigenvalue weighted by atomic mass is 32.2. The van der Waals surface area contributed by atoms with Crippen molar-refractivity contribution in [3.8, 4) is 0 Å². The summed E-state index contributed by atoms with van der Waals surface area (Å²) < 4.78 is 0. The van der Waals surface area contributed by atoms with E-state index in [1.165, 1.54) is 35.2 Å². The van der Waals surface area contributed by atoms with E-state index in [9.17, 15) is 9.59 Å². The van der Waals surface area contributed by atoms with Crippen LogP contribution in [0.1, 0.15) is 27.9 Å². The van der Waals surface area contributed by atoms with Crippen molar-refractivity contribution in [3.63, 3.8) is 0 Å². The number of aromatic carboxylic acids is 1. The van der Waals surface area contributed by atoms with Crippen molar-refractivity contribution in [2.24, 2.45) is 4.99 Å². The van der Waals surface area contributed by atoms with Crippen molar-refractivity contribution in [1.82, 2.24) is 15.1 Å². The predicted octanol–water partition coefficient (Wildman–Crippen LogP) is 3.17. The van der Waals surface area contributed by atoms with Gasteiger partial charge in [0, 0.05) is 6.54 Å². The molecule has 1 aliphatic heterocycles. The third kappa shape index (κ3) is 3.77. The number of aromatic nitrogens is 2. The third-order valence-corrected chi connectivity index (χ3v) is 5.11. The second-order valence-corrected chi connectivity index (χ2v) is 7.25. The third-order valence-electron chi connectivity index (χ3n) is 3.37. The Kier molecular flexibility index (Phi) is 4.95. The topological polar surface area (TPSA) is 95.8 Å². The largest absolute Gasteiger partial charge is 0.478 e. The first kappa shape index (κ1) is 17.3. The summed E-state index contributed by atoms with van der Waals surface area (Å²) in [5, 5.41) is 18.7. The predicted molar refractivity (Wildman–Crippen MR) is 98.1 cm³/mol. The summed E-state index contributed by atoms with van der Waals surface area (Å²) in [5.74, 6) is -1.11. The SMILES string of the molecule is CCN1C(=O)/C(=C/c2ccc(C(=O)O)cc2)S/C1=N/c1nnc(C)s1. The van der Waals surface area contributed by atoms with Gasteiger partial charge >= 0.3 is 5.97 Å². The molecule has 0 unspecified atom stereocenters. The highest BCUT2D eigenvalue weighted by molar-refractivity contribution is 8.18. The van der Waals surface area contributed by atoms with E-state index < -0.39 is 5.97 Å². The Labute approximate surface area is 152 Å². The Hall–Kier alpha value is -2.52. The van der Waals surface area contributed by atoms with Crippen LogP contribution < -0.4 is 0 Å². The van der Waals surface area contributed by atoms with Gasteiger partial charge in [0.1, 0.15) is 5.01 Å². The quantitative estimate of drug-likeness (QED) is 0.826. The molecule has 0 atom stereocenters. The van der Waals surface area contributed by atoms with Gasteiger partial charge in [-0.1, -0.05) is 23.5 Å². The number of thioether (sulfide) groups is 1. The van der Waals surface area contributed by atoms with Crippen molar-refractivity contribution in [3.05, 3.63) is 45.3 Å². The molecule has 1 aliphatic rings. The Bertz CT molecular complexity index is 887. The number of carbonyl (C=O) groups is 2. The molecule has 0 aliphatic carbocycles. The van der Waals surface area contributed by atoms with Crippen LogP contribution in [0.4, 0.5) is 5.13 Å². The van der Waals surface area contributed by atoms with Crippen LogP contribution in [0.3, 0.4) is 0 Å². The van der Waals surface area contributed by atoms with E-state index in [1.807, 2.05) is 13.8 Å². The molecule has 1 N–H and O–H groups in total. The Morgan fingerprint density at radius 2 is 2.04 bits per heavy atom. The van der Waals surface area contributed by atoms with Crippen molar-refractivity contribution < 1.29 is 14.7 Å². The lowest BCUT2D eigenvalue weighted by Gasteiger charge is -2.11. The lowest BCUT2D eigenvalue weighted by Crippen LogP contribution is -2.28. The molecule has 7 nitrogen and oxygen atoms in total. The number of rotatable bonds is 4. The summed E-state index contributed by atoms with van der Waals surface area (Å²) in [5.41, 5.74) is 0.960. The Balaban J connectivity index is 1.88. The number of amides is 1. The zero-order valence-corrected chi connectivity index (χ0v) is 15.1. The molecule has 128 valence electrons. The molecule has 25 heavy (non-hydrogen) atoms. The molecular formula is C16H14N4O3S2. The van der Waals surface area contributed by atoms with Crippen LogP contribution in [0.15, 0.2) is 34.2 Å². The highest BCUT2D eigenvalue weighted by Crippen LogP contribution is 2.34. The van der Waals surface area contributed by atoms with E-state index in [2.05, 4.69) is 15.2 Å². The minimum Gasteiger partial charge on any atom is -0.478 e. The first-order valence-electron chi connectivity index (χ1n) is 7.41. The number of hydrogen-bond donors (Lipinski definition) is 1. The van der Waals surface area contributed by atoms with Crippen LogP contribution in [0.25, 0.3) is 6.08 Å². The summed E-state index contributed by atoms with van der Waals surface area (Å²) in [6.07, 6.45) is 1.73. The van der Waals surface area contributed by atoms with Crippen molar-refractivity contribution in [1.29, 1.82) is 0 Å². The minimum absolute atomic E-state index is 0.130. The lowest BCUT2D eigenvalue weighted by atomic mass is 10.1. The molecule has 0 saturated carbocycles.